The van der Waals surface area contributed by atoms with Gasteiger partial charge in [-0.1, -0.05) is 6.07 Å². The van der Waals surface area contributed by atoms with Gasteiger partial charge < -0.3 is 10.6 Å². The lowest BCUT2D eigenvalue weighted by Crippen LogP contribution is -2.39. The van der Waals surface area contributed by atoms with Crippen molar-refractivity contribution in [3.63, 3.8) is 0 Å². The van der Waals surface area contributed by atoms with Gasteiger partial charge in [-0.3, -0.25) is 24.6 Å². The Labute approximate surface area is 134 Å². The highest BCUT2D eigenvalue weighted by Crippen LogP contribution is 2.21. The number of nitro benzene ring substituents is 1. The van der Waals surface area contributed by atoms with Crippen LogP contribution in [0.2, 0.25) is 0 Å². The first kappa shape index (κ1) is 16.9. The van der Waals surface area contributed by atoms with Crippen LogP contribution in [0, 0.1) is 17.0 Å². The molecule has 0 heterocycles. The Morgan fingerprint density at radius 1 is 1.30 bits per heavy atom. The van der Waals surface area contributed by atoms with E-state index < -0.39 is 4.92 Å². The number of anilines is 1. The average molecular weight is 320 g/mol. The van der Waals surface area contributed by atoms with Crippen LogP contribution >= 0.6 is 0 Å². The molecule has 1 fully saturated rings. The molecule has 2 N–H and O–H groups in total. The normalized spacial score (nSPS) is 13.7. The smallest absolute Gasteiger partial charge is 0.271 e. The van der Waals surface area contributed by atoms with Crippen LogP contribution in [0.4, 0.5) is 11.4 Å². The zero-order valence-corrected chi connectivity index (χ0v) is 13.2. The van der Waals surface area contributed by atoms with Gasteiger partial charge in [0.15, 0.2) is 0 Å². The minimum absolute atomic E-state index is 0.0280. The summed E-state index contributed by atoms with van der Waals surface area (Å²) in [6.45, 7) is 1.92. The molecule has 1 aliphatic carbocycles. The van der Waals surface area contributed by atoms with E-state index in [1.54, 1.807) is 24.9 Å². The van der Waals surface area contributed by atoms with E-state index in [-0.39, 0.29) is 36.6 Å². The van der Waals surface area contributed by atoms with E-state index in [4.69, 9.17) is 0 Å². The predicted octanol–water partition coefficient (Wildman–Crippen LogP) is 1.05. The molecule has 1 aromatic rings. The van der Waals surface area contributed by atoms with Gasteiger partial charge >= 0.3 is 0 Å². The molecule has 0 radical (unpaired) electrons. The summed E-state index contributed by atoms with van der Waals surface area (Å²) in [5, 5.41) is 16.3. The lowest BCUT2D eigenvalue weighted by molar-refractivity contribution is -0.384. The van der Waals surface area contributed by atoms with Crippen LogP contribution in [0.5, 0.6) is 0 Å². The SMILES string of the molecule is Cc1ccc([N+](=O)[O-])cc1NC(=O)CN(C)CC(=O)NC1CC1. The summed E-state index contributed by atoms with van der Waals surface area (Å²) < 4.78 is 0. The van der Waals surface area contributed by atoms with Gasteiger partial charge in [0.25, 0.3) is 5.69 Å². The lowest BCUT2D eigenvalue weighted by atomic mass is 10.2. The van der Waals surface area contributed by atoms with Crippen molar-refractivity contribution in [3.05, 3.63) is 33.9 Å². The van der Waals surface area contributed by atoms with Crippen LogP contribution in [0.3, 0.4) is 0 Å². The molecule has 1 saturated carbocycles. The minimum atomic E-state index is -0.510. The van der Waals surface area contributed by atoms with Crippen LogP contribution < -0.4 is 10.6 Å². The highest BCUT2D eigenvalue weighted by atomic mass is 16.6. The summed E-state index contributed by atoms with van der Waals surface area (Å²) in [6.07, 6.45) is 2.03. The number of non-ortho nitro benzene ring substituents is 1. The first-order valence-corrected chi connectivity index (χ1v) is 7.38. The zero-order chi connectivity index (χ0) is 17.0. The van der Waals surface area contributed by atoms with Crippen molar-refractivity contribution in [1.82, 2.24) is 10.2 Å². The van der Waals surface area contributed by atoms with Crippen LogP contribution in [0.15, 0.2) is 18.2 Å². The van der Waals surface area contributed by atoms with E-state index in [2.05, 4.69) is 10.6 Å². The number of hydrogen-bond acceptors (Lipinski definition) is 5. The maximum atomic E-state index is 12.0. The van der Waals surface area contributed by atoms with Crippen LogP contribution in [-0.2, 0) is 9.59 Å². The van der Waals surface area contributed by atoms with Crippen molar-refractivity contribution in [2.24, 2.45) is 0 Å². The Morgan fingerprint density at radius 3 is 2.57 bits per heavy atom. The Bertz CT molecular complexity index is 628. The van der Waals surface area contributed by atoms with Crippen molar-refractivity contribution in [2.75, 3.05) is 25.5 Å². The third kappa shape index (κ3) is 5.33. The van der Waals surface area contributed by atoms with Crippen LogP contribution in [-0.4, -0.2) is 47.8 Å². The van der Waals surface area contributed by atoms with Gasteiger partial charge in [0.05, 0.1) is 23.7 Å². The second-order valence-corrected chi connectivity index (χ2v) is 5.82. The largest absolute Gasteiger partial charge is 0.352 e. The number of carbonyl (C=O) groups excluding carboxylic acids is 2. The molecule has 0 bridgehead atoms. The number of nitrogens with zero attached hydrogens (tertiary/aromatic N) is 2. The number of aryl methyl sites for hydroxylation is 1. The quantitative estimate of drug-likeness (QED) is 0.577. The van der Waals surface area contributed by atoms with Gasteiger partial charge in [0.1, 0.15) is 0 Å². The molecular formula is C15H20N4O4. The Morgan fingerprint density at radius 2 is 1.96 bits per heavy atom. The van der Waals surface area contributed by atoms with Crippen molar-refractivity contribution in [1.29, 1.82) is 0 Å². The van der Waals surface area contributed by atoms with E-state index in [0.29, 0.717) is 5.69 Å². The van der Waals surface area contributed by atoms with E-state index >= 15 is 0 Å². The maximum Gasteiger partial charge on any atom is 0.271 e. The first-order valence-electron chi connectivity index (χ1n) is 7.38. The molecule has 1 aliphatic rings. The molecule has 2 amide bonds. The highest BCUT2D eigenvalue weighted by molar-refractivity contribution is 5.93. The number of likely N-dealkylation sites (N-methyl/N-ethyl adjacent to an activating group) is 1. The van der Waals surface area contributed by atoms with Crippen molar-refractivity contribution < 1.29 is 14.5 Å². The minimum Gasteiger partial charge on any atom is -0.352 e. The second kappa shape index (κ2) is 7.19. The van der Waals surface area contributed by atoms with Crippen LogP contribution in [0.25, 0.3) is 0 Å². The number of nitro groups is 1. The molecule has 2 rings (SSSR count). The third-order valence-electron chi connectivity index (χ3n) is 3.48. The fourth-order valence-electron chi connectivity index (χ4n) is 2.10. The first-order chi connectivity index (χ1) is 10.8. The highest BCUT2D eigenvalue weighted by Gasteiger charge is 2.23. The standard InChI is InChI=1S/C15H20N4O4/c1-10-3-6-12(19(22)23)7-13(10)17-15(21)9-18(2)8-14(20)16-11-4-5-11/h3,6-7,11H,4-5,8-9H2,1-2H3,(H,16,20)(H,17,21). The fraction of sp³-hybridized carbons (Fsp3) is 0.467. The van der Waals surface area contributed by atoms with E-state index in [9.17, 15) is 19.7 Å². The maximum absolute atomic E-state index is 12.0. The molecule has 1 aromatic carbocycles. The van der Waals surface area contributed by atoms with Gasteiger partial charge in [-0.05, 0) is 32.4 Å². The number of amides is 2. The summed E-state index contributed by atoms with van der Waals surface area (Å²) in [5.41, 5.74) is 1.06. The molecule has 0 unspecified atom stereocenters. The number of carbonyl (C=O) groups is 2. The summed E-state index contributed by atoms with van der Waals surface area (Å²) in [5.74, 6) is -0.426. The molecule has 124 valence electrons. The number of rotatable bonds is 7. The number of hydrogen-bond donors (Lipinski definition) is 2. The molecule has 0 aromatic heterocycles. The van der Waals surface area contributed by atoms with Crippen LogP contribution in [0.1, 0.15) is 18.4 Å². The van der Waals surface area contributed by atoms with Gasteiger partial charge in [-0.2, -0.15) is 0 Å². The molecule has 0 saturated heterocycles. The van der Waals surface area contributed by atoms with Crippen molar-refractivity contribution >= 4 is 23.2 Å². The fourth-order valence-corrected chi connectivity index (χ4v) is 2.10. The summed E-state index contributed by atoms with van der Waals surface area (Å²) in [4.78, 5) is 35.5. The molecule has 8 nitrogen and oxygen atoms in total. The van der Waals surface area contributed by atoms with E-state index in [0.717, 1.165) is 18.4 Å². The van der Waals surface area contributed by atoms with Gasteiger partial charge in [-0.15, -0.1) is 0 Å². The molecule has 23 heavy (non-hydrogen) atoms. The zero-order valence-electron chi connectivity index (χ0n) is 13.2. The second-order valence-electron chi connectivity index (χ2n) is 5.82. The van der Waals surface area contributed by atoms with E-state index in [1.807, 2.05) is 0 Å². The monoisotopic (exact) mass is 320 g/mol. The summed E-state index contributed by atoms with van der Waals surface area (Å²) in [6, 6.07) is 4.59. The van der Waals surface area contributed by atoms with E-state index in [1.165, 1.54) is 12.1 Å². The summed E-state index contributed by atoms with van der Waals surface area (Å²) >= 11 is 0. The van der Waals surface area contributed by atoms with Gasteiger partial charge in [0.2, 0.25) is 11.8 Å². The Hall–Kier alpha value is -2.48. The van der Waals surface area contributed by atoms with Gasteiger partial charge in [-0.25, -0.2) is 0 Å². The molecule has 8 heteroatoms. The predicted molar refractivity (Wildman–Crippen MR) is 85.1 cm³/mol. The molecule has 0 spiro atoms. The topological polar surface area (TPSA) is 105 Å². The summed E-state index contributed by atoms with van der Waals surface area (Å²) in [7, 11) is 1.67. The Kier molecular flexibility index (Phi) is 5.28. The molecular weight excluding hydrogens is 300 g/mol. The Balaban J connectivity index is 1.87. The molecule has 0 atom stereocenters. The molecule has 0 aliphatic heterocycles. The van der Waals surface area contributed by atoms with Gasteiger partial charge in [0, 0.05) is 18.2 Å². The van der Waals surface area contributed by atoms with Crippen molar-refractivity contribution in [2.45, 2.75) is 25.8 Å². The third-order valence-corrected chi connectivity index (χ3v) is 3.48. The lowest BCUT2D eigenvalue weighted by Gasteiger charge is -2.16. The number of nitrogens with one attached hydrogen (secondary N) is 2. The van der Waals surface area contributed by atoms with Crippen molar-refractivity contribution in [3.8, 4) is 0 Å². The number of benzene rings is 1. The average Bonchev–Trinajstić information content (AvgIpc) is 3.24.